The maximum Gasteiger partial charge on any atom is 0.243 e. The molecule has 0 atom stereocenters. The van der Waals surface area contributed by atoms with Crippen molar-refractivity contribution >= 4 is 43.2 Å². The highest BCUT2D eigenvalue weighted by molar-refractivity contribution is 9.10. The Morgan fingerprint density at radius 3 is 2.27 bits per heavy atom. The molecule has 0 aliphatic heterocycles. The van der Waals surface area contributed by atoms with Crippen LogP contribution in [0, 0.1) is 0 Å². The summed E-state index contributed by atoms with van der Waals surface area (Å²) >= 11 is 3.37. The van der Waals surface area contributed by atoms with Crippen molar-refractivity contribution in [1.29, 1.82) is 0 Å². The lowest BCUT2D eigenvalue weighted by molar-refractivity contribution is -0.114. The first-order chi connectivity index (χ1) is 12.4. The van der Waals surface area contributed by atoms with Gasteiger partial charge in [-0.05, 0) is 42.5 Å². The molecule has 0 aliphatic carbocycles. The molecular weight excluding hydrogens is 418 g/mol. The zero-order chi connectivity index (χ0) is 19.2. The molecule has 0 fully saturated rings. The molecule has 0 aromatic heterocycles. The van der Waals surface area contributed by atoms with Gasteiger partial charge < -0.3 is 10.6 Å². The number of rotatable bonds is 8. The number of hydrogen-bond donors (Lipinski definition) is 2. The Morgan fingerprint density at radius 1 is 1.04 bits per heavy atom. The average molecular weight is 440 g/mol. The summed E-state index contributed by atoms with van der Waals surface area (Å²) in [4.78, 5) is 12.3. The van der Waals surface area contributed by atoms with Gasteiger partial charge in [-0.2, -0.15) is 4.31 Å². The monoisotopic (exact) mass is 439 g/mol. The second kappa shape index (κ2) is 9.16. The van der Waals surface area contributed by atoms with Crippen LogP contribution in [0.2, 0.25) is 0 Å². The van der Waals surface area contributed by atoms with Crippen LogP contribution in [0.1, 0.15) is 13.8 Å². The fourth-order valence-corrected chi connectivity index (χ4v) is 4.27. The summed E-state index contributed by atoms with van der Waals surface area (Å²) in [5.41, 5.74) is 1.37. The molecule has 6 nitrogen and oxygen atoms in total. The Hall–Kier alpha value is -1.90. The van der Waals surface area contributed by atoms with E-state index in [4.69, 9.17) is 0 Å². The maximum absolute atomic E-state index is 12.4. The van der Waals surface area contributed by atoms with Crippen LogP contribution in [0.25, 0.3) is 0 Å². The van der Waals surface area contributed by atoms with Crippen LogP contribution in [-0.2, 0) is 14.8 Å². The smallest absolute Gasteiger partial charge is 0.243 e. The van der Waals surface area contributed by atoms with E-state index in [0.29, 0.717) is 18.8 Å². The number of benzene rings is 2. The molecule has 0 bridgehead atoms. The first-order valence-corrected chi connectivity index (χ1v) is 10.5. The molecule has 0 saturated heterocycles. The van der Waals surface area contributed by atoms with Gasteiger partial charge in [-0.25, -0.2) is 8.42 Å². The number of carbonyl (C=O) groups excluding carboxylic acids is 1. The topological polar surface area (TPSA) is 78.5 Å². The van der Waals surface area contributed by atoms with Crippen LogP contribution in [0.5, 0.6) is 0 Å². The predicted molar refractivity (Wildman–Crippen MR) is 108 cm³/mol. The van der Waals surface area contributed by atoms with Crippen LogP contribution in [0.15, 0.2) is 57.9 Å². The molecule has 2 rings (SSSR count). The van der Waals surface area contributed by atoms with Gasteiger partial charge in [-0.15, -0.1) is 0 Å². The summed E-state index contributed by atoms with van der Waals surface area (Å²) in [5.74, 6) is -0.218. The molecule has 1 amide bonds. The molecule has 0 heterocycles. The fourth-order valence-electron chi connectivity index (χ4n) is 2.41. The standard InChI is InChI=1S/C18H22BrN3O3S/c1-3-22(4-2)26(24,25)17-10-8-15(9-11-17)21-18(23)13-20-16-7-5-6-14(19)12-16/h5-12,20H,3-4,13H2,1-2H3,(H,21,23). The summed E-state index contributed by atoms with van der Waals surface area (Å²) in [5, 5.41) is 5.77. The van der Waals surface area contributed by atoms with E-state index in [1.54, 1.807) is 26.0 Å². The Morgan fingerprint density at radius 2 is 1.69 bits per heavy atom. The molecular formula is C18H22BrN3O3S. The largest absolute Gasteiger partial charge is 0.376 e. The number of nitrogens with zero attached hydrogens (tertiary/aromatic N) is 1. The Bertz CT molecular complexity index is 850. The molecule has 26 heavy (non-hydrogen) atoms. The van der Waals surface area contributed by atoms with Gasteiger partial charge in [0.15, 0.2) is 0 Å². The Balaban J connectivity index is 1.97. The van der Waals surface area contributed by atoms with Crippen molar-refractivity contribution < 1.29 is 13.2 Å². The van der Waals surface area contributed by atoms with Gasteiger partial charge in [0.25, 0.3) is 0 Å². The SMILES string of the molecule is CCN(CC)S(=O)(=O)c1ccc(NC(=O)CNc2cccc(Br)c2)cc1. The van der Waals surface area contributed by atoms with E-state index in [2.05, 4.69) is 26.6 Å². The number of anilines is 2. The van der Waals surface area contributed by atoms with E-state index in [-0.39, 0.29) is 17.3 Å². The van der Waals surface area contributed by atoms with Gasteiger partial charge in [0.2, 0.25) is 15.9 Å². The van der Waals surface area contributed by atoms with Crippen molar-refractivity contribution in [3.05, 3.63) is 53.0 Å². The number of sulfonamides is 1. The molecule has 140 valence electrons. The molecule has 2 aromatic carbocycles. The highest BCUT2D eigenvalue weighted by atomic mass is 79.9. The van der Waals surface area contributed by atoms with E-state index >= 15 is 0 Å². The Kier molecular flexibility index (Phi) is 7.19. The number of hydrogen-bond acceptors (Lipinski definition) is 4. The fraction of sp³-hybridized carbons (Fsp3) is 0.278. The van der Waals surface area contributed by atoms with Gasteiger partial charge in [-0.1, -0.05) is 35.8 Å². The van der Waals surface area contributed by atoms with Crippen molar-refractivity contribution in [1.82, 2.24) is 4.31 Å². The summed E-state index contributed by atoms with van der Waals surface area (Å²) in [6.07, 6.45) is 0. The molecule has 0 unspecified atom stereocenters. The summed E-state index contributed by atoms with van der Waals surface area (Å²) < 4.78 is 27.2. The highest BCUT2D eigenvalue weighted by Gasteiger charge is 2.21. The molecule has 0 saturated carbocycles. The molecule has 0 aliphatic rings. The summed E-state index contributed by atoms with van der Waals surface area (Å²) in [7, 11) is -3.49. The maximum atomic E-state index is 12.4. The van der Waals surface area contributed by atoms with Crippen molar-refractivity contribution in [3.8, 4) is 0 Å². The molecule has 0 radical (unpaired) electrons. The van der Waals surface area contributed by atoms with Crippen LogP contribution in [0.3, 0.4) is 0 Å². The van der Waals surface area contributed by atoms with Crippen molar-refractivity contribution in [2.45, 2.75) is 18.7 Å². The predicted octanol–water partition coefficient (Wildman–Crippen LogP) is 3.53. The number of carbonyl (C=O) groups is 1. The van der Waals surface area contributed by atoms with Crippen molar-refractivity contribution in [2.75, 3.05) is 30.3 Å². The lowest BCUT2D eigenvalue weighted by Gasteiger charge is -2.18. The van der Waals surface area contributed by atoms with Crippen molar-refractivity contribution in [2.24, 2.45) is 0 Å². The molecule has 8 heteroatoms. The van der Waals surface area contributed by atoms with Gasteiger partial charge in [0, 0.05) is 28.9 Å². The number of amides is 1. The first kappa shape index (κ1) is 20.4. The average Bonchev–Trinajstić information content (AvgIpc) is 2.61. The lowest BCUT2D eigenvalue weighted by Crippen LogP contribution is -2.30. The van der Waals surface area contributed by atoms with Crippen LogP contribution >= 0.6 is 15.9 Å². The molecule has 2 aromatic rings. The first-order valence-electron chi connectivity index (χ1n) is 8.26. The third-order valence-electron chi connectivity index (χ3n) is 3.76. The zero-order valence-electron chi connectivity index (χ0n) is 14.7. The lowest BCUT2D eigenvalue weighted by atomic mass is 10.3. The minimum atomic E-state index is -3.49. The minimum absolute atomic E-state index is 0.107. The van der Waals surface area contributed by atoms with Crippen molar-refractivity contribution in [3.63, 3.8) is 0 Å². The van der Waals surface area contributed by atoms with Gasteiger partial charge in [0.1, 0.15) is 0 Å². The second-order valence-electron chi connectivity index (χ2n) is 5.53. The molecule has 0 spiro atoms. The van der Waals surface area contributed by atoms with E-state index in [1.807, 2.05) is 24.3 Å². The highest BCUT2D eigenvalue weighted by Crippen LogP contribution is 2.18. The van der Waals surface area contributed by atoms with Gasteiger partial charge in [0.05, 0.1) is 11.4 Å². The van der Waals surface area contributed by atoms with E-state index < -0.39 is 10.0 Å². The minimum Gasteiger partial charge on any atom is -0.376 e. The molecule has 2 N–H and O–H groups in total. The van der Waals surface area contributed by atoms with Gasteiger partial charge in [-0.3, -0.25) is 4.79 Å². The third-order valence-corrected chi connectivity index (χ3v) is 6.32. The number of halogens is 1. The van der Waals surface area contributed by atoms with Crippen LogP contribution in [0.4, 0.5) is 11.4 Å². The van der Waals surface area contributed by atoms with Gasteiger partial charge >= 0.3 is 0 Å². The Labute approximate surface area is 162 Å². The number of nitrogens with one attached hydrogen (secondary N) is 2. The zero-order valence-corrected chi connectivity index (χ0v) is 17.1. The van der Waals surface area contributed by atoms with E-state index in [1.165, 1.54) is 16.4 Å². The van der Waals surface area contributed by atoms with Crippen LogP contribution in [-0.4, -0.2) is 38.3 Å². The third kappa shape index (κ3) is 5.30. The normalized spacial score (nSPS) is 11.4. The second-order valence-corrected chi connectivity index (χ2v) is 8.38. The van der Waals surface area contributed by atoms with Crippen LogP contribution < -0.4 is 10.6 Å². The summed E-state index contributed by atoms with van der Waals surface area (Å²) in [6, 6.07) is 13.7. The summed E-state index contributed by atoms with van der Waals surface area (Å²) in [6.45, 7) is 4.54. The quantitative estimate of drug-likeness (QED) is 0.659. The van der Waals surface area contributed by atoms with E-state index in [9.17, 15) is 13.2 Å². The van der Waals surface area contributed by atoms with E-state index in [0.717, 1.165) is 10.2 Å².